The Morgan fingerprint density at radius 3 is 2.68 bits per heavy atom. The van der Waals surface area contributed by atoms with Gasteiger partial charge in [0.25, 0.3) is 0 Å². The maximum absolute atomic E-state index is 14.0. The molecule has 3 rings (SSSR count). The number of nitrogens with zero attached hydrogens (tertiary/aromatic N) is 4. The average Bonchev–Trinajstić information content (AvgIpc) is 3.04. The first-order chi connectivity index (χ1) is 12.0. The predicted octanol–water partition coefficient (Wildman–Crippen LogP) is 3.19. The molecule has 0 aliphatic heterocycles. The van der Waals surface area contributed by atoms with Crippen molar-refractivity contribution in [3.63, 3.8) is 0 Å². The highest BCUT2D eigenvalue weighted by atomic mass is 19.1. The standard InChI is InChI=1S/C18H19F2N5/c1-25(2)13-5-4-12(8-13)23-18-22-10-15(17(9-21)24-18)14-6-3-11(19)7-16(14)20/h3,6-7,10,12-13H,4-5,8H2,1-2H3,(H,22,23,24). The quantitative estimate of drug-likeness (QED) is 0.924. The van der Waals surface area contributed by atoms with Crippen LogP contribution in [-0.4, -0.2) is 41.0 Å². The number of benzene rings is 1. The van der Waals surface area contributed by atoms with Crippen molar-refractivity contribution >= 4 is 5.95 Å². The van der Waals surface area contributed by atoms with Crippen LogP contribution in [-0.2, 0) is 0 Å². The van der Waals surface area contributed by atoms with Crippen LogP contribution in [0, 0.1) is 23.0 Å². The van der Waals surface area contributed by atoms with E-state index in [1.807, 2.05) is 6.07 Å². The molecule has 1 heterocycles. The highest BCUT2D eigenvalue weighted by Crippen LogP contribution is 2.28. The molecular weight excluding hydrogens is 324 g/mol. The summed E-state index contributed by atoms with van der Waals surface area (Å²) in [6.07, 6.45) is 4.48. The SMILES string of the molecule is CN(C)C1CCC(Nc2ncc(-c3ccc(F)cc3F)c(C#N)n2)C1. The van der Waals surface area contributed by atoms with Crippen LogP contribution in [0.3, 0.4) is 0 Å². The van der Waals surface area contributed by atoms with Crippen molar-refractivity contribution in [2.24, 2.45) is 0 Å². The number of anilines is 1. The van der Waals surface area contributed by atoms with Crippen molar-refractivity contribution < 1.29 is 8.78 Å². The van der Waals surface area contributed by atoms with Crippen molar-refractivity contribution in [1.82, 2.24) is 14.9 Å². The summed E-state index contributed by atoms with van der Waals surface area (Å²) in [6, 6.07) is 5.94. The van der Waals surface area contributed by atoms with Crippen LogP contribution in [0.15, 0.2) is 24.4 Å². The lowest BCUT2D eigenvalue weighted by Gasteiger charge is -2.19. The van der Waals surface area contributed by atoms with Crippen LogP contribution in [0.4, 0.5) is 14.7 Å². The van der Waals surface area contributed by atoms with E-state index in [1.54, 1.807) is 0 Å². The second kappa shape index (κ2) is 7.11. The molecule has 2 unspecified atom stereocenters. The molecular formula is C18H19F2N5. The fourth-order valence-electron chi connectivity index (χ4n) is 3.18. The molecule has 2 atom stereocenters. The summed E-state index contributed by atoms with van der Waals surface area (Å²) >= 11 is 0. The van der Waals surface area contributed by atoms with Crippen LogP contribution in [0.25, 0.3) is 11.1 Å². The Labute approximate surface area is 145 Å². The molecule has 1 aromatic heterocycles. The first-order valence-corrected chi connectivity index (χ1v) is 8.13. The minimum absolute atomic E-state index is 0.0603. The van der Waals surface area contributed by atoms with Gasteiger partial charge in [-0.05, 0) is 45.5 Å². The van der Waals surface area contributed by atoms with E-state index < -0.39 is 11.6 Å². The number of hydrogen-bond donors (Lipinski definition) is 1. The molecule has 130 valence electrons. The molecule has 0 amide bonds. The molecule has 0 saturated heterocycles. The molecule has 1 saturated carbocycles. The van der Waals surface area contributed by atoms with Gasteiger partial charge in [-0.25, -0.2) is 18.7 Å². The number of hydrogen-bond acceptors (Lipinski definition) is 5. The van der Waals surface area contributed by atoms with E-state index in [0.29, 0.717) is 12.0 Å². The number of halogens is 2. The van der Waals surface area contributed by atoms with Crippen molar-refractivity contribution in [2.45, 2.75) is 31.3 Å². The largest absolute Gasteiger partial charge is 0.351 e. The van der Waals surface area contributed by atoms with Gasteiger partial charge in [-0.3, -0.25) is 0 Å². The zero-order chi connectivity index (χ0) is 18.0. The monoisotopic (exact) mass is 343 g/mol. The van der Waals surface area contributed by atoms with Crippen LogP contribution < -0.4 is 5.32 Å². The van der Waals surface area contributed by atoms with Gasteiger partial charge < -0.3 is 10.2 Å². The minimum Gasteiger partial charge on any atom is -0.351 e. The van der Waals surface area contributed by atoms with E-state index >= 15 is 0 Å². The van der Waals surface area contributed by atoms with Crippen molar-refractivity contribution in [3.8, 4) is 17.2 Å². The van der Waals surface area contributed by atoms with E-state index in [1.165, 1.54) is 12.3 Å². The Morgan fingerprint density at radius 2 is 2.04 bits per heavy atom. The Balaban J connectivity index is 1.82. The lowest BCUT2D eigenvalue weighted by Crippen LogP contribution is -2.27. The van der Waals surface area contributed by atoms with E-state index in [2.05, 4.69) is 34.3 Å². The number of nitriles is 1. The predicted molar refractivity (Wildman–Crippen MR) is 90.8 cm³/mol. The summed E-state index contributed by atoms with van der Waals surface area (Å²) < 4.78 is 27.0. The third-order valence-electron chi connectivity index (χ3n) is 4.58. The molecule has 1 aromatic carbocycles. The maximum atomic E-state index is 14.0. The van der Waals surface area contributed by atoms with Gasteiger partial charge in [0, 0.05) is 35.5 Å². The molecule has 1 fully saturated rings. The molecule has 1 aliphatic carbocycles. The van der Waals surface area contributed by atoms with Crippen molar-refractivity contribution in [3.05, 3.63) is 41.7 Å². The number of nitrogens with one attached hydrogen (secondary N) is 1. The Hall–Kier alpha value is -2.59. The van der Waals surface area contributed by atoms with E-state index in [4.69, 9.17) is 0 Å². The van der Waals surface area contributed by atoms with Crippen molar-refractivity contribution in [2.75, 3.05) is 19.4 Å². The number of rotatable bonds is 4. The van der Waals surface area contributed by atoms with Gasteiger partial charge in [-0.2, -0.15) is 5.26 Å². The molecule has 0 spiro atoms. The Bertz CT molecular complexity index is 816. The van der Waals surface area contributed by atoms with E-state index in [-0.39, 0.29) is 22.9 Å². The molecule has 0 bridgehead atoms. The smallest absolute Gasteiger partial charge is 0.224 e. The van der Waals surface area contributed by atoms with Crippen LogP contribution in [0.5, 0.6) is 0 Å². The minimum atomic E-state index is -0.745. The van der Waals surface area contributed by atoms with Gasteiger partial charge in [0.2, 0.25) is 5.95 Å². The topological polar surface area (TPSA) is 64.8 Å². The van der Waals surface area contributed by atoms with E-state index in [9.17, 15) is 14.0 Å². The normalized spacial score (nSPS) is 19.8. The first kappa shape index (κ1) is 17.2. The zero-order valence-electron chi connectivity index (χ0n) is 14.1. The number of aromatic nitrogens is 2. The molecule has 1 N–H and O–H groups in total. The summed E-state index contributed by atoms with van der Waals surface area (Å²) in [7, 11) is 4.12. The molecule has 0 radical (unpaired) electrons. The lowest BCUT2D eigenvalue weighted by molar-refractivity contribution is 0.297. The Kier molecular flexibility index (Phi) is 4.91. The summed E-state index contributed by atoms with van der Waals surface area (Å²) in [5, 5.41) is 12.6. The van der Waals surface area contributed by atoms with Gasteiger partial charge in [0.05, 0.1) is 0 Å². The van der Waals surface area contributed by atoms with E-state index in [0.717, 1.165) is 31.4 Å². The highest BCUT2D eigenvalue weighted by Gasteiger charge is 2.26. The summed E-state index contributed by atoms with van der Waals surface area (Å²) in [6.45, 7) is 0. The third-order valence-corrected chi connectivity index (χ3v) is 4.58. The van der Waals surface area contributed by atoms with Crippen molar-refractivity contribution in [1.29, 1.82) is 5.26 Å². The third kappa shape index (κ3) is 3.74. The van der Waals surface area contributed by atoms with Gasteiger partial charge in [-0.1, -0.05) is 0 Å². The summed E-state index contributed by atoms with van der Waals surface area (Å²) in [5.74, 6) is -1.06. The van der Waals surface area contributed by atoms with Gasteiger partial charge >= 0.3 is 0 Å². The average molecular weight is 343 g/mol. The second-order valence-electron chi connectivity index (χ2n) is 6.46. The van der Waals surface area contributed by atoms with Crippen LogP contribution >= 0.6 is 0 Å². The highest BCUT2D eigenvalue weighted by molar-refractivity contribution is 5.69. The maximum Gasteiger partial charge on any atom is 0.224 e. The molecule has 5 nitrogen and oxygen atoms in total. The molecule has 1 aliphatic rings. The molecule has 25 heavy (non-hydrogen) atoms. The summed E-state index contributed by atoms with van der Waals surface area (Å²) in [5.41, 5.74) is 0.423. The van der Waals surface area contributed by atoms with Gasteiger partial charge in [-0.15, -0.1) is 0 Å². The Morgan fingerprint density at radius 1 is 1.24 bits per heavy atom. The fraction of sp³-hybridized carbons (Fsp3) is 0.389. The first-order valence-electron chi connectivity index (χ1n) is 8.13. The molecule has 7 heteroatoms. The summed E-state index contributed by atoms with van der Waals surface area (Å²) in [4.78, 5) is 10.6. The fourth-order valence-corrected chi connectivity index (χ4v) is 3.18. The molecule has 2 aromatic rings. The van der Waals surface area contributed by atoms with Gasteiger partial charge in [0.1, 0.15) is 17.7 Å². The van der Waals surface area contributed by atoms with Crippen LogP contribution in [0.1, 0.15) is 25.0 Å². The van der Waals surface area contributed by atoms with Gasteiger partial charge in [0.15, 0.2) is 5.69 Å². The van der Waals surface area contributed by atoms with Crippen LogP contribution in [0.2, 0.25) is 0 Å². The lowest BCUT2D eigenvalue weighted by atomic mass is 10.1. The zero-order valence-corrected chi connectivity index (χ0v) is 14.1. The second-order valence-corrected chi connectivity index (χ2v) is 6.46.